The third kappa shape index (κ3) is 5.02. The minimum Gasteiger partial charge on any atom is -0.478 e. The summed E-state index contributed by atoms with van der Waals surface area (Å²) < 4.78 is 5.34. The smallest absolute Gasteiger partial charge is 0.328 e. The molecule has 1 aliphatic heterocycles. The molecular formula is C15H17NO5. The van der Waals surface area contributed by atoms with Crippen molar-refractivity contribution in [1.29, 1.82) is 0 Å². The van der Waals surface area contributed by atoms with Crippen LogP contribution in [0.4, 0.5) is 0 Å². The first-order valence-corrected chi connectivity index (χ1v) is 6.74. The van der Waals surface area contributed by atoms with Crippen LogP contribution in [-0.4, -0.2) is 29.9 Å². The molecule has 1 atom stereocenters. The molecule has 1 aromatic rings. The highest BCUT2D eigenvalue weighted by Gasteiger charge is 2.16. The summed E-state index contributed by atoms with van der Waals surface area (Å²) in [6.07, 6.45) is 4.90. The lowest BCUT2D eigenvalue weighted by molar-refractivity contribution is -0.186. The number of carbonyl (C=O) groups excluding carboxylic acids is 1. The lowest BCUT2D eigenvalue weighted by Gasteiger charge is -2.22. The van der Waals surface area contributed by atoms with Crippen LogP contribution in [0.1, 0.15) is 35.2 Å². The number of nitrogens with one attached hydrogen (secondary N) is 1. The molecular weight excluding hydrogens is 274 g/mol. The SMILES string of the molecule is O=C(O)/C=C/c1ccc(C(=O)NOC2CCCCO2)cc1. The summed E-state index contributed by atoms with van der Waals surface area (Å²) in [5.74, 6) is -1.38. The Morgan fingerprint density at radius 2 is 2.05 bits per heavy atom. The quantitative estimate of drug-likeness (QED) is 0.640. The zero-order valence-corrected chi connectivity index (χ0v) is 11.5. The van der Waals surface area contributed by atoms with Crippen molar-refractivity contribution in [3.8, 4) is 0 Å². The first kappa shape index (κ1) is 15.2. The van der Waals surface area contributed by atoms with Gasteiger partial charge in [0.2, 0.25) is 0 Å². The molecule has 1 aromatic carbocycles. The van der Waals surface area contributed by atoms with Gasteiger partial charge in [0.25, 0.3) is 5.91 Å². The monoisotopic (exact) mass is 291 g/mol. The van der Waals surface area contributed by atoms with Crippen molar-refractivity contribution in [3.05, 3.63) is 41.5 Å². The molecule has 0 spiro atoms. The Balaban J connectivity index is 1.85. The molecule has 0 aliphatic carbocycles. The molecule has 6 nitrogen and oxygen atoms in total. The Morgan fingerprint density at radius 1 is 1.29 bits per heavy atom. The van der Waals surface area contributed by atoms with Crippen molar-refractivity contribution in [2.45, 2.75) is 25.6 Å². The molecule has 1 aliphatic rings. The average Bonchev–Trinajstić information content (AvgIpc) is 2.52. The molecule has 1 unspecified atom stereocenters. The van der Waals surface area contributed by atoms with E-state index in [0.29, 0.717) is 17.7 Å². The van der Waals surface area contributed by atoms with Crippen LogP contribution < -0.4 is 5.48 Å². The third-order valence-electron chi connectivity index (χ3n) is 3.01. The van der Waals surface area contributed by atoms with Gasteiger partial charge in [-0.05, 0) is 36.6 Å². The summed E-state index contributed by atoms with van der Waals surface area (Å²) >= 11 is 0. The van der Waals surface area contributed by atoms with Gasteiger partial charge in [0.05, 0.1) is 0 Å². The summed E-state index contributed by atoms with van der Waals surface area (Å²) in [5.41, 5.74) is 3.49. The van der Waals surface area contributed by atoms with E-state index in [1.54, 1.807) is 24.3 Å². The van der Waals surface area contributed by atoms with Crippen LogP contribution >= 0.6 is 0 Å². The number of hydroxylamine groups is 1. The number of hydrogen-bond donors (Lipinski definition) is 2. The predicted octanol–water partition coefficient (Wildman–Crippen LogP) is 1.97. The van der Waals surface area contributed by atoms with Crippen LogP contribution in [0.15, 0.2) is 30.3 Å². The summed E-state index contributed by atoms with van der Waals surface area (Å²) in [6.45, 7) is 0.644. The predicted molar refractivity (Wildman–Crippen MR) is 75.3 cm³/mol. The van der Waals surface area contributed by atoms with E-state index in [-0.39, 0.29) is 12.2 Å². The van der Waals surface area contributed by atoms with Crippen molar-refractivity contribution in [2.24, 2.45) is 0 Å². The number of rotatable bonds is 5. The summed E-state index contributed by atoms with van der Waals surface area (Å²) in [7, 11) is 0. The van der Waals surface area contributed by atoms with Crippen molar-refractivity contribution in [1.82, 2.24) is 5.48 Å². The molecule has 21 heavy (non-hydrogen) atoms. The molecule has 0 aromatic heterocycles. The summed E-state index contributed by atoms with van der Waals surface area (Å²) in [5, 5.41) is 8.53. The molecule has 1 saturated heterocycles. The molecule has 2 N–H and O–H groups in total. The number of carbonyl (C=O) groups is 2. The maximum absolute atomic E-state index is 11.9. The topological polar surface area (TPSA) is 84.9 Å². The number of ether oxygens (including phenoxy) is 1. The van der Waals surface area contributed by atoms with E-state index in [4.69, 9.17) is 14.7 Å². The molecule has 2 rings (SSSR count). The van der Waals surface area contributed by atoms with E-state index in [1.807, 2.05) is 0 Å². The fraction of sp³-hybridized carbons (Fsp3) is 0.333. The van der Waals surface area contributed by atoms with Crippen LogP contribution in [0.5, 0.6) is 0 Å². The van der Waals surface area contributed by atoms with Crippen molar-refractivity contribution in [3.63, 3.8) is 0 Å². The maximum atomic E-state index is 11.9. The van der Waals surface area contributed by atoms with Gasteiger partial charge in [0, 0.05) is 24.7 Å². The Bertz CT molecular complexity index is 517. The van der Waals surface area contributed by atoms with E-state index in [2.05, 4.69) is 5.48 Å². The Kier molecular flexibility index (Phi) is 5.48. The number of benzene rings is 1. The van der Waals surface area contributed by atoms with Gasteiger partial charge in [0.1, 0.15) is 0 Å². The van der Waals surface area contributed by atoms with Crippen LogP contribution in [-0.2, 0) is 14.4 Å². The molecule has 0 bridgehead atoms. The molecule has 6 heteroatoms. The van der Waals surface area contributed by atoms with Gasteiger partial charge in [0.15, 0.2) is 6.29 Å². The van der Waals surface area contributed by atoms with Crippen molar-refractivity contribution in [2.75, 3.05) is 6.61 Å². The second-order valence-corrected chi connectivity index (χ2v) is 4.64. The van der Waals surface area contributed by atoms with E-state index in [9.17, 15) is 9.59 Å². The minimum absolute atomic E-state index is 0.363. The fourth-order valence-electron chi connectivity index (χ4n) is 1.90. The first-order valence-electron chi connectivity index (χ1n) is 6.74. The van der Waals surface area contributed by atoms with Crippen LogP contribution in [0.3, 0.4) is 0 Å². The molecule has 0 saturated carbocycles. The van der Waals surface area contributed by atoms with Crippen molar-refractivity contribution >= 4 is 18.0 Å². The van der Waals surface area contributed by atoms with Gasteiger partial charge >= 0.3 is 5.97 Å². The molecule has 0 radical (unpaired) electrons. The third-order valence-corrected chi connectivity index (χ3v) is 3.01. The van der Waals surface area contributed by atoms with Crippen LogP contribution in [0.2, 0.25) is 0 Å². The summed E-state index contributed by atoms with van der Waals surface area (Å²) in [6, 6.07) is 6.51. The van der Waals surface area contributed by atoms with Gasteiger partial charge < -0.3 is 9.84 Å². The van der Waals surface area contributed by atoms with Crippen LogP contribution in [0, 0.1) is 0 Å². The van der Waals surface area contributed by atoms with E-state index in [0.717, 1.165) is 25.3 Å². The first-order chi connectivity index (χ1) is 10.1. The molecule has 112 valence electrons. The molecule has 1 fully saturated rings. The number of carboxylic acids is 1. The van der Waals surface area contributed by atoms with Gasteiger partial charge in [-0.2, -0.15) is 0 Å². The zero-order valence-electron chi connectivity index (χ0n) is 11.5. The maximum Gasteiger partial charge on any atom is 0.328 e. The van der Waals surface area contributed by atoms with Crippen LogP contribution in [0.25, 0.3) is 6.08 Å². The standard InChI is InChI=1S/C15H17NO5/c17-13(18)9-6-11-4-7-12(8-5-11)15(19)16-21-14-3-1-2-10-20-14/h4-9,14H,1-3,10H2,(H,16,19)(H,17,18)/b9-6+. The van der Waals surface area contributed by atoms with Gasteiger partial charge in [-0.3, -0.25) is 4.79 Å². The number of hydrogen-bond acceptors (Lipinski definition) is 4. The van der Waals surface area contributed by atoms with E-state index < -0.39 is 5.97 Å². The lowest BCUT2D eigenvalue weighted by Crippen LogP contribution is -2.33. The highest BCUT2D eigenvalue weighted by atomic mass is 16.8. The highest BCUT2D eigenvalue weighted by molar-refractivity contribution is 5.93. The van der Waals surface area contributed by atoms with E-state index in [1.165, 1.54) is 6.08 Å². The average molecular weight is 291 g/mol. The van der Waals surface area contributed by atoms with Gasteiger partial charge in [-0.25, -0.2) is 15.1 Å². The fourth-order valence-corrected chi connectivity index (χ4v) is 1.90. The minimum atomic E-state index is -1.02. The molecule has 1 heterocycles. The number of amides is 1. The largest absolute Gasteiger partial charge is 0.478 e. The second kappa shape index (κ2) is 7.56. The normalized spacial score (nSPS) is 18.6. The molecule has 1 amide bonds. The highest BCUT2D eigenvalue weighted by Crippen LogP contribution is 2.13. The summed E-state index contributed by atoms with van der Waals surface area (Å²) in [4.78, 5) is 27.5. The van der Waals surface area contributed by atoms with Gasteiger partial charge in [-0.15, -0.1) is 0 Å². The van der Waals surface area contributed by atoms with E-state index >= 15 is 0 Å². The Hall–Kier alpha value is -2.18. The number of aliphatic carboxylic acids is 1. The Morgan fingerprint density at radius 3 is 2.67 bits per heavy atom. The van der Waals surface area contributed by atoms with Crippen molar-refractivity contribution < 1.29 is 24.3 Å². The Labute approximate surface area is 122 Å². The second-order valence-electron chi connectivity index (χ2n) is 4.64. The lowest BCUT2D eigenvalue weighted by atomic mass is 10.1. The zero-order chi connectivity index (χ0) is 15.1. The number of carboxylic acid groups (broad SMARTS) is 1. The van der Waals surface area contributed by atoms with Gasteiger partial charge in [-0.1, -0.05) is 12.1 Å².